The van der Waals surface area contributed by atoms with Gasteiger partial charge in [-0.1, -0.05) is 0 Å². The van der Waals surface area contributed by atoms with E-state index in [2.05, 4.69) is 16.7 Å². The maximum absolute atomic E-state index is 12.7. The van der Waals surface area contributed by atoms with Gasteiger partial charge in [-0.3, -0.25) is 27.6 Å². The van der Waals surface area contributed by atoms with Crippen molar-refractivity contribution >= 4 is 69.7 Å². The highest BCUT2D eigenvalue weighted by molar-refractivity contribution is 7.83. The number of carbonyl (C=O) groups excluding carboxylic acids is 1. The van der Waals surface area contributed by atoms with Crippen molar-refractivity contribution in [1.82, 2.24) is 10.0 Å². The average Bonchev–Trinajstić information content (AvgIpc) is 3.21. The van der Waals surface area contributed by atoms with Crippen LogP contribution in [0.2, 0.25) is 0 Å². The number of hydrogen-bond acceptors (Lipinski definition) is 31. The number of rotatable bonds is 21. The van der Waals surface area contributed by atoms with E-state index in [0.717, 1.165) is 6.92 Å². The highest BCUT2D eigenvalue weighted by Crippen LogP contribution is 2.37. The number of ether oxygens (including phenoxy) is 7. The smallest absolute Gasteiger partial charge is 0.397 e. The summed E-state index contributed by atoms with van der Waals surface area (Å²) in [4.78, 5) is 36.4. The Balaban J connectivity index is 0.00000457. The van der Waals surface area contributed by atoms with Crippen LogP contribution in [0, 0.1) is 0 Å². The summed E-state index contributed by atoms with van der Waals surface area (Å²) < 4.78 is 222. The van der Waals surface area contributed by atoms with Gasteiger partial charge in [-0.25, -0.2) is 26.3 Å². The summed E-state index contributed by atoms with van der Waals surface area (Å²) in [6.07, 6.45) is -49.1. The number of aliphatic hydroxyl groups excluding tert-OH is 7. The molecule has 4 saturated heterocycles. The maximum atomic E-state index is 12.7. The van der Waals surface area contributed by atoms with E-state index < -0.39 is 206 Å². The molecular weight excluding hydrogens is 1130 g/mol. The van der Waals surface area contributed by atoms with Gasteiger partial charge in [0.1, 0.15) is 73.1 Å². The highest BCUT2D eigenvalue weighted by Gasteiger charge is 2.60. The topological polar surface area (TPSA) is 631 Å². The molecule has 40 nitrogen and oxygen atoms in total. The van der Waals surface area contributed by atoms with E-state index in [1.54, 1.807) is 6.92 Å². The van der Waals surface area contributed by atoms with Gasteiger partial charge in [0.05, 0.1) is 13.2 Å². The van der Waals surface area contributed by atoms with Gasteiger partial charge in [-0.15, -0.1) is 0 Å². The normalized spacial score (nSPS) is 37.8. The summed E-state index contributed by atoms with van der Waals surface area (Å²) in [7, 11) is -29.1. The molecule has 16 N–H and O–H groups in total. The van der Waals surface area contributed by atoms with Crippen molar-refractivity contribution in [1.29, 1.82) is 0 Å². The number of aliphatic carboxylic acids is 2. The van der Waals surface area contributed by atoms with Crippen LogP contribution < -0.4 is 10.0 Å². The fraction of sp³-hybridized carbons (Fsp3) is 0.893. The quantitative estimate of drug-likeness (QED) is 0.0475. The summed E-state index contributed by atoms with van der Waals surface area (Å²) in [6, 6.07) is -4.96. The van der Waals surface area contributed by atoms with Gasteiger partial charge in [0, 0.05) is 13.5 Å². The molecule has 0 radical (unpaired) electrons. The zero-order valence-corrected chi connectivity index (χ0v) is 40.4. The number of nitrogens with one attached hydrogen (secondary N) is 2. The Kier molecular flexibility index (Phi) is 22.6. The third-order valence-electron chi connectivity index (χ3n) is 9.68. The van der Waals surface area contributed by atoms with E-state index >= 15 is 0 Å². The Hall–Kier alpha value is -2.80. The van der Waals surface area contributed by atoms with Gasteiger partial charge in [-0.05, 0) is 6.92 Å². The van der Waals surface area contributed by atoms with Crippen molar-refractivity contribution < 1.29 is 175 Å². The number of carboxylic acids is 2. The number of hydrogen-bond donors (Lipinski definition) is 16. The van der Waals surface area contributed by atoms with Gasteiger partial charge in [-0.2, -0.15) is 46.8 Å². The molecule has 4 aliphatic heterocycles. The SMILES string of the molecule is CC(=O)N[C@@H]1[C@@H](O)[C@H](O[C@@H]2O[C@H](C(=O)O)[C@@H](O[C@@H]3O[C@H](CO)[C@@H](O[C@H]4O[C@@H](C(=O)O)[C@H](O)[C@@H](O)[C@@H]4OS(=O)(=O)O)[C@H](OS(=O)(=O)O)[C@H]3NS(=O)(=O)O)[C@H](O)[C@H]2OS(=O)(=O)O)[C@H](COS(=O)(=O)O)O[C@H]1O.CCO. The van der Waals surface area contributed by atoms with Crippen LogP contribution in [0.25, 0.3) is 0 Å². The van der Waals surface area contributed by atoms with Crippen molar-refractivity contribution in [2.75, 3.05) is 19.8 Å². The second kappa shape index (κ2) is 25.6. The van der Waals surface area contributed by atoms with E-state index in [4.69, 9.17) is 42.8 Å². The zero-order valence-electron chi connectivity index (χ0n) is 36.3. The van der Waals surface area contributed by atoms with Gasteiger partial charge in [0.2, 0.25) is 5.91 Å². The van der Waals surface area contributed by atoms with E-state index in [9.17, 15) is 116 Å². The molecule has 4 heterocycles. The standard InChI is InChI=1S/C26H42N2O37S5.C2H6O/c1-4(30)27-7-9(31)13(6(56-23(7)39)3-55-67(43,44)45)58-26-19(65-70(52,53)54)12(34)16(20(62-26)22(37)38)60-24-8(28-66(40,41)42)15(63-68(46,47)48)14(5(2-29)57-24)59-25-18(64-69(49,50)51)11(33)10(32)17(61-25)21(35)36;1-2-3/h5-20,23-26,28-29,31-34,39H,2-3H2,1H3,(H,27,30)(H,35,36)(H,37,38)(H,40,41,42)(H,43,44,45)(H,46,47,48)(H,49,50,51)(H,52,53,54);3H,2H2,1H3/t5-,6+,7-,8-,9-,10-,11-,12+,13-,14-,15-,16+,17-,18+,19-,20+,23-,24+,25+,26-;/m1./s1. The molecule has 0 unspecified atom stereocenters. The van der Waals surface area contributed by atoms with Crippen LogP contribution in [-0.2, 0) is 116 Å². The molecule has 1 amide bonds. The lowest BCUT2D eigenvalue weighted by Crippen LogP contribution is -2.71. The average molecular weight is 1180 g/mol. The number of carboxylic acid groups (broad SMARTS) is 2. The minimum atomic E-state index is -6.09. The van der Waals surface area contributed by atoms with Gasteiger partial charge in [0.15, 0.2) is 49.6 Å². The van der Waals surface area contributed by atoms with Gasteiger partial charge in [0.25, 0.3) is 0 Å². The molecule has 0 aromatic rings. The van der Waals surface area contributed by atoms with Crippen LogP contribution in [0.4, 0.5) is 0 Å². The van der Waals surface area contributed by atoms with Crippen LogP contribution in [0.15, 0.2) is 0 Å². The lowest BCUT2D eigenvalue weighted by atomic mass is 9.94. The molecule has 4 fully saturated rings. The molecule has 0 aliphatic carbocycles. The summed E-state index contributed by atoms with van der Waals surface area (Å²) in [5, 5.41) is 93.6. The molecule has 0 aromatic heterocycles. The maximum Gasteiger partial charge on any atom is 0.397 e. The van der Waals surface area contributed by atoms with Crippen LogP contribution in [0.3, 0.4) is 0 Å². The second-order valence-corrected chi connectivity index (χ2v) is 20.3. The van der Waals surface area contributed by atoms with Gasteiger partial charge < -0.3 is 84.4 Å². The number of carbonyl (C=O) groups is 3. The van der Waals surface area contributed by atoms with Crippen molar-refractivity contribution in [2.24, 2.45) is 0 Å². The predicted molar refractivity (Wildman–Crippen MR) is 213 cm³/mol. The van der Waals surface area contributed by atoms with Crippen molar-refractivity contribution in [2.45, 2.75) is 137 Å². The molecule has 4 aliphatic rings. The van der Waals surface area contributed by atoms with E-state index in [0.29, 0.717) is 0 Å². The van der Waals surface area contributed by atoms with Crippen LogP contribution in [0.1, 0.15) is 13.8 Å². The molecule has 45 heteroatoms. The first kappa shape index (κ1) is 64.5. The summed E-state index contributed by atoms with van der Waals surface area (Å²) in [5.74, 6) is -5.49. The lowest BCUT2D eigenvalue weighted by Gasteiger charge is -2.50. The Morgan fingerprint density at radius 2 is 0.973 bits per heavy atom. The first-order valence-electron chi connectivity index (χ1n) is 19.5. The predicted octanol–water partition coefficient (Wildman–Crippen LogP) is -10.7. The zero-order chi connectivity index (χ0) is 56.1. The Morgan fingerprint density at radius 3 is 1.41 bits per heavy atom. The summed E-state index contributed by atoms with van der Waals surface area (Å²) in [5.41, 5.74) is 0. The van der Waals surface area contributed by atoms with Gasteiger partial charge >= 0.3 is 63.8 Å². The Morgan fingerprint density at radius 1 is 0.521 bits per heavy atom. The molecule has 0 bridgehead atoms. The van der Waals surface area contributed by atoms with Crippen LogP contribution in [0.5, 0.6) is 0 Å². The molecule has 0 spiro atoms. The molecule has 73 heavy (non-hydrogen) atoms. The molecule has 20 atom stereocenters. The fourth-order valence-corrected chi connectivity index (χ4v) is 9.43. The molecule has 0 aromatic carbocycles. The minimum absolute atomic E-state index is 0.250. The first-order valence-corrected chi connectivity index (χ1v) is 26.4. The van der Waals surface area contributed by atoms with Crippen LogP contribution >= 0.6 is 0 Å². The highest BCUT2D eigenvalue weighted by atomic mass is 32.3. The molecule has 4 rings (SSSR count). The third kappa shape index (κ3) is 18.7. The third-order valence-corrected chi connectivity index (χ3v) is 12.1. The van der Waals surface area contributed by atoms with Crippen molar-refractivity contribution in [3.63, 3.8) is 0 Å². The van der Waals surface area contributed by atoms with Crippen molar-refractivity contribution in [3.05, 3.63) is 0 Å². The van der Waals surface area contributed by atoms with Crippen LogP contribution in [-0.4, -0.2) is 271 Å². The number of aliphatic hydroxyl groups is 7. The van der Waals surface area contributed by atoms with Crippen molar-refractivity contribution in [3.8, 4) is 0 Å². The molecule has 0 saturated carbocycles. The fourth-order valence-electron chi connectivity index (χ4n) is 7.05. The minimum Gasteiger partial charge on any atom is -0.479 e. The monoisotopic (exact) mass is 1180 g/mol. The Bertz CT molecular complexity index is 2460. The lowest BCUT2D eigenvalue weighted by molar-refractivity contribution is -0.366. The van der Waals surface area contributed by atoms with E-state index in [1.165, 1.54) is 4.72 Å². The molecule has 428 valence electrons. The summed E-state index contributed by atoms with van der Waals surface area (Å²) >= 11 is 0. The van der Waals surface area contributed by atoms with E-state index in [-0.39, 0.29) is 6.61 Å². The summed E-state index contributed by atoms with van der Waals surface area (Å²) in [6.45, 7) is -0.309. The van der Waals surface area contributed by atoms with E-state index in [1.807, 2.05) is 5.32 Å². The number of amides is 1. The Labute approximate surface area is 410 Å². The second-order valence-electron chi connectivity index (χ2n) is 14.9. The first-order chi connectivity index (χ1) is 33.2. The molecular formula is C28H48N2O38S5. The largest absolute Gasteiger partial charge is 0.479 e.